The number of hydrogen-bond acceptors (Lipinski definition) is 7. The summed E-state index contributed by atoms with van der Waals surface area (Å²) in [6, 6.07) is 7.30. The summed E-state index contributed by atoms with van der Waals surface area (Å²) >= 11 is 1.26. The maximum absolute atomic E-state index is 11.9. The summed E-state index contributed by atoms with van der Waals surface area (Å²) < 4.78 is 10.5. The Morgan fingerprint density at radius 1 is 1.24 bits per heavy atom. The molecule has 1 amide bonds. The number of rotatable bonds is 7. The van der Waals surface area contributed by atoms with Crippen molar-refractivity contribution in [1.82, 2.24) is 15.4 Å². The zero-order valence-corrected chi connectivity index (χ0v) is 15.4. The highest BCUT2D eigenvalue weighted by molar-refractivity contribution is 7.99. The molecular formula is C17H20N4O3S. The first-order valence-electron chi connectivity index (χ1n) is 7.51. The van der Waals surface area contributed by atoms with Gasteiger partial charge in [0.25, 0.3) is 5.91 Å². The molecule has 0 saturated carbocycles. The molecule has 8 heteroatoms. The second kappa shape index (κ2) is 9.03. The van der Waals surface area contributed by atoms with Crippen LogP contribution in [-0.4, -0.2) is 42.1 Å². The molecule has 0 unspecified atom stereocenters. The quantitative estimate of drug-likeness (QED) is 0.353. The van der Waals surface area contributed by atoms with Gasteiger partial charge < -0.3 is 9.47 Å². The molecule has 0 saturated heterocycles. The molecule has 0 aliphatic heterocycles. The molecule has 2 aromatic rings. The standard InChI is InChI=1S/C17H20N4O3S/c1-11-8-12(2)20-17(19-11)25-10-15(22)21-18-9-13-6-5-7-14(23-3)16(13)24-4/h5-9H,10H2,1-4H3,(H,21,22). The summed E-state index contributed by atoms with van der Waals surface area (Å²) in [4.78, 5) is 20.5. The van der Waals surface area contributed by atoms with Crippen LogP contribution in [-0.2, 0) is 4.79 Å². The van der Waals surface area contributed by atoms with Crippen molar-refractivity contribution in [2.45, 2.75) is 19.0 Å². The van der Waals surface area contributed by atoms with E-state index in [1.54, 1.807) is 20.3 Å². The minimum Gasteiger partial charge on any atom is -0.493 e. The van der Waals surface area contributed by atoms with E-state index in [1.807, 2.05) is 32.0 Å². The fourth-order valence-corrected chi connectivity index (χ4v) is 2.85. The minimum atomic E-state index is -0.245. The predicted molar refractivity (Wildman–Crippen MR) is 97.5 cm³/mol. The number of aryl methyl sites for hydroxylation is 2. The number of nitrogens with one attached hydrogen (secondary N) is 1. The number of amides is 1. The van der Waals surface area contributed by atoms with Gasteiger partial charge in [0, 0.05) is 17.0 Å². The van der Waals surface area contributed by atoms with Crippen molar-refractivity contribution in [1.29, 1.82) is 0 Å². The molecule has 0 aliphatic rings. The Kier molecular flexibility index (Phi) is 6.76. The van der Waals surface area contributed by atoms with Crippen LogP contribution in [0.15, 0.2) is 34.5 Å². The van der Waals surface area contributed by atoms with E-state index in [0.29, 0.717) is 22.2 Å². The first kappa shape index (κ1) is 18.7. The van der Waals surface area contributed by atoms with Crippen molar-refractivity contribution < 1.29 is 14.3 Å². The van der Waals surface area contributed by atoms with Gasteiger partial charge >= 0.3 is 0 Å². The summed E-state index contributed by atoms with van der Waals surface area (Å²) in [5.41, 5.74) is 4.93. The molecule has 0 bridgehead atoms. The van der Waals surface area contributed by atoms with Gasteiger partial charge in [0.05, 0.1) is 26.2 Å². The highest BCUT2D eigenvalue weighted by atomic mass is 32.2. The van der Waals surface area contributed by atoms with Gasteiger partial charge in [-0.15, -0.1) is 0 Å². The van der Waals surface area contributed by atoms with Gasteiger partial charge in [0.1, 0.15) is 0 Å². The zero-order chi connectivity index (χ0) is 18.2. The Bertz CT molecular complexity index is 760. The average molecular weight is 360 g/mol. The number of carbonyl (C=O) groups excluding carboxylic acids is 1. The molecule has 0 radical (unpaired) electrons. The molecule has 2 rings (SSSR count). The Morgan fingerprint density at radius 3 is 2.60 bits per heavy atom. The van der Waals surface area contributed by atoms with Crippen LogP contribution in [0.25, 0.3) is 0 Å². The molecule has 1 heterocycles. The van der Waals surface area contributed by atoms with Crippen LogP contribution in [0.3, 0.4) is 0 Å². The molecule has 1 N–H and O–H groups in total. The van der Waals surface area contributed by atoms with Crippen molar-refractivity contribution in [2.24, 2.45) is 5.10 Å². The third-order valence-electron chi connectivity index (χ3n) is 3.12. The maximum Gasteiger partial charge on any atom is 0.250 e. The lowest BCUT2D eigenvalue weighted by molar-refractivity contribution is -0.118. The van der Waals surface area contributed by atoms with Crippen molar-refractivity contribution in [2.75, 3.05) is 20.0 Å². The lowest BCUT2D eigenvalue weighted by atomic mass is 10.2. The Hall–Kier alpha value is -2.61. The topological polar surface area (TPSA) is 85.7 Å². The fourth-order valence-electron chi connectivity index (χ4n) is 2.11. The van der Waals surface area contributed by atoms with Crippen LogP contribution in [0.1, 0.15) is 17.0 Å². The van der Waals surface area contributed by atoms with Crippen LogP contribution in [0.4, 0.5) is 0 Å². The van der Waals surface area contributed by atoms with Crippen LogP contribution >= 0.6 is 11.8 Å². The van der Waals surface area contributed by atoms with Crippen molar-refractivity contribution in [3.63, 3.8) is 0 Å². The van der Waals surface area contributed by atoms with Gasteiger partial charge in [0.15, 0.2) is 16.7 Å². The second-order valence-corrected chi connectivity index (χ2v) is 6.04. The molecule has 0 fully saturated rings. The first-order chi connectivity index (χ1) is 12.0. The van der Waals surface area contributed by atoms with E-state index in [-0.39, 0.29) is 11.7 Å². The molecule has 0 spiro atoms. The van der Waals surface area contributed by atoms with Crippen LogP contribution in [0.2, 0.25) is 0 Å². The van der Waals surface area contributed by atoms with Crippen molar-refractivity contribution >= 4 is 23.9 Å². The molecule has 1 aromatic heterocycles. The monoisotopic (exact) mass is 360 g/mol. The Balaban J connectivity index is 1.92. The average Bonchev–Trinajstić information content (AvgIpc) is 2.58. The number of thioether (sulfide) groups is 1. The third-order valence-corrected chi connectivity index (χ3v) is 3.97. The molecule has 25 heavy (non-hydrogen) atoms. The second-order valence-electron chi connectivity index (χ2n) is 5.10. The molecule has 1 aromatic carbocycles. The van der Waals surface area contributed by atoms with Gasteiger partial charge in [0.2, 0.25) is 0 Å². The van der Waals surface area contributed by atoms with Crippen molar-refractivity contribution in [3.05, 3.63) is 41.2 Å². The Morgan fingerprint density at radius 2 is 1.96 bits per heavy atom. The summed E-state index contributed by atoms with van der Waals surface area (Å²) in [6.07, 6.45) is 1.51. The number of hydrogen-bond donors (Lipinski definition) is 1. The molecule has 132 valence electrons. The number of aromatic nitrogens is 2. The van der Waals surface area contributed by atoms with E-state index in [0.717, 1.165) is 11.4 Å². The summed E-state index contributed by atoms with van der Waals surface area (Å²) in [7, 11) is 3.11. The van der Waals surface area contributed by atoms with E-state index >= 15 is 0 Å². The van der Waals surface area contributed by atoms with Crippen LogP contribution in [0, 0.1) is 13.8 Å². The van der Waals surface area contributed by atoms with Gasteiger partial charge in [-0.3, -0.25) is 4.79 Å². The van der Waals surface area contributed by atoms with E-state index in [9.17, 15) is 4.79 Å². The normalized spacial score (nSPS) is 10.7. The molecule has 7 nitrogen and oxygen atoms in total. The van der Waals surface area contributed by atoms with Gasteiger partial charge in [-0.05, 0) is 32.0 Å². The molecule has 0 aliphatic carbocycles. The number of hydrazone groups is 1. The van der Waals surface area contributed by atoms with E-state index in [1.165, 1.54) is 18.0 Å². The van der Waals surface area contributed by atoms with E-state index in [4.69, 9.17) is 9.47 Å². The molecule has 0 atom stereocenters. The maximum atomic E-state index is 11.9. The van der Waals surface area contributed by atoms with E-state index in [2.05, 4.69) is 20.5 Å². The van der Waals surface area contributed by atoms with Crippen LogP contribution in [0.5, 0.6) is 11.5 Å². The molecular weight excluding hydrogens is 340 g/mol. The summed E-state index contributed by atoms with van der Waals surface area (Å²) in [6.45, 7) is 3.79. The fraction of sp³-hybridized carbons (Fsp3) is 0.294. The van der Waals surface area contributed by atoms with Crippen LogP contribution < -0.4 is 14.9 Å². The van der Waals surface area contributed by atoms with Crippen molar-refractivity contribution in [3.8, 4) is 11.5 Å². The van der Waals surface area contributed by atoms with Gasteiger partial charge in [-0.2, -0.15) is 5.10 Å². The number of benzene rings is 1. The minimum absolute atomic E-state index is 0.176. The first-order valence-corrected chi connectivity index (χ1v) is 8.50. The summed E-state index contributed by atoms with van der Waals surface area (Å²) in [5, 5.41) is 4.53. The van der Waals surface area contributed by atoms with E-state index < -0.39 is 0 Å². The lowest BCUT2D eigenvalue weighted by Gasteiger charge is -2.09. The number of para-hydroxylation sites is 1. The highest BCUT2D eigenvalue weighted by Gasteiger charge is 2.08. The number of carbonyl (C=O) groups is 1. The number of methoxy groups -OCH3 is 2. The SMILES string of the molecule is COc1cccc(C=NNC(=O)CSc2nc(C)cc(C)n2)c1OC. The number of nitrogens with zero attached hydrogens (tertiary/aromatic N) is 3. The largest absolute Gasteiger partial charge is 0.493 e. The lowest BCUT2D eigenvalue weighted by Crippen LogP contribution is -2.20. The zero-order valence-electron chi connectivity index (χ0n) is 14.6. The predicted octanol–water partition coefficient (Wildman–Crippen LogP) is 2.35. The Labute approximate surface area is 150 Å². The summed E-state index contributed by atoms with van der Waals surface area (Å²) in [5.74, 6) is 1.09. The third kappa shape index (κ3) is 5.46. The van der Waals surface area contributed by atoms with Gasteiger partial charge in [-0.25, -0.2) is 15.4 Å². The number of ether oxygens (including phenoxy) is 2. The smallest absolute Gasteiger partial charge is 0.250 e. The van der Waals surface area contributed by atoms with Gasteiger partial charge in [-0.1, -0.05) is 17.8 Å². The highest BCUT2D eigenvalue weighted by Crippen LogP contribution is 2.29.